The number of Topliss-reactive ketones (excluding diaryl/α,β-unsaturated/α-hetero) is 1. The zero-order valence-corrected chi connectivity index (χ0v) is 20.8. The van der Waals surface area contributed by atoms with Crippen molar-refractivity contribution in [3.05, 3.63) is 99.4 Å². The lowest BCUT2D eigenvalue weighted by molar-refractivity contribution is -0.116. The molecule has 1 aliphatic heterocycles. The second kappa shape index (κ2) is 10.0. The van der Waals surface area contributed by atoms with E-state index in [0.717, 1.165) is 24.1 Å². The molecule has 0 fully saturated rings. The highest BCUT2D eigenvalue weighted by atomic mass is 35.5. The number of anilines is 1. The van der Waals surface area contributed by atoms with Gasteiger partial charge < -0.3 is 19.8 Å². The van der Waals surface area contributed by atoms with E-state index >= 15 is 0 Å². The highest BCUT2D eigenvalue weighted by molar-refractivity contribution is 6.31. The lowest BCUT2D eigenvalue weighted by Gasteiger charge is -2.33. The number of hydrogen-bond acceptors (Lipinski definition) is 6. The maximum Gasteiger partial charge on any atom is 0.255 e. The number of amides is 1. The second-order valence-electron chi connectivity index (χ2n) is 8.94. The summed E-state index contributed by atoms with van der Waals surface area (Å²) in [5.41, 5.74) is 3.49. The first-order valence-electron chi connectivity index (χ1n) is 11.8. The van der Waals surface area contributed by atoms with Crippen molar-refractivity contribution in [1.29, 1.82) is 0 Å². The first-order valence-corrected chi connectivity index (χ1v) is 12.2. The van der Waals surface area contributed by atoms with Crippen molar-refractivity contribution in [3.63, 3.8) is 0 Å². The van der Waals surface area contributed by atoms with E-state index < -0.39 is 5.92 Å². The van der Waals surface area contributed by atoms with E-state index in [2.05, 4.69) is 15.6 Å². The molecule has 0 saturated carbocycles. The summed E-state index contributed by atoms with van der Waals surface area (Å²) in [7, 11) is 0. The molecule has 5 rings (SSSR count). The van der Waals surface area contributed by atoms with Crippen LogP contribution < -0.4 is 15.4 Å². The van der Waals surface area contributed by atoms with Gasteiger partial charge in [-0.3, -0.25) is 9.59 Å². The molecule has 2 N–H and O–H groups in total. The van der Waals surface area contributed by atoms with E-state index in [-0.39, 0.29) is 18.3 Å². The quantitative estimate of drug-likeness (QED) is 0.440. The largest absolute Gasteiger partial charge is 0.486 e. The van der Waals surface area contributed by atoms with Crippen molar-refractivity contribution in [2.24, 2.45) is 0 Å². The molecule has 3 aromatic rings. The number of halogens is 1. The number of aromatic nitrogens is 1. The molecule has 1 unspecified atom stereocenters. The maximum absolute atomic E-state index is 13.5. The number of ether oxygens (including phenoxy) is 1. The summed E-state index contributed by atoms with van der Waals surface area (Å²) in [6.07, 6.45) is 3.58. The van der Waals surface area contributed by atoms with Crippen LogP contribution in [0.3, 0.4) is 0 Å². The topological polar surface area (TPSA) is 93.5 Å². The number of furan rings is 1. The zero-order valence-electron chi connectivity index (χ0n) is 20.1. The number of carbonyl (C=O) groups excluding carboxylic acids is 2. The van der Waals surface area contributed by atoms with E-state index in [1.807, 2.05) is 32.0 Å². The Morgan fingerprint density at radius 2 is 2.06 bits per heavy atom. The third-order valence-corrected chi connectivity index (χ3v) is 6.83. The number of pyridine rings is 1. The minimum absolute atomic E-state index is 0.0234. The van der Waals surface area contributed by atoms with Crippen LogP contribution in [0.5, 0.6) is 5.75 Å². The fraction of sp³-hybridized carbons (Fsp3) is 0.250. The molecule has 0 saturated heterocycles. The van der Waals surface area contributed by atoms with E-state index in [1.165, 1.54) is 0 Å². The predicted molar refractivity (Wildman–Crippen MR) is 137 cm³/mol. The van der Waals surface area contributed by atoms with Crippen LogP contribution in [0.4, 0.5) is 5.82 Å². The van der Waals surface area contributed by atoms with Crippen molar-refractivity contribution in [2.75, 3.05) is 5.32 Å². The smallest absolute Gasteiger partial charge is 0.255 e. The molecule has 3 heterocycles. The molecule has 7 nitrogen and oxygen atoms in total. The van der Waals surface area contributed by atoms with Gasteiger partial charge in [-0.05, 0) is 74.7 Å². The van der Waals surface area contributed by atoms with Crippen molar-refractivity contribution in [1.82, 2.24) is 10.3 Å². The molecule has 1 atom stereocenters. The highest BCUT2D eigenvalue weighted by Gasteiger charge is 2.40. The van der Waals surface area contributed by atoms with Gasteiger partial charge in [-0.1, -0.05) is 17.7 Å². The summed E-state index contributed by atoms with van der Waals surface area (Å²) >= 11 is 6.10. The molecule has 0 spiro atoms. The fourth-order valence-corrected chi connectivity index (χ4v) is 4.80. The Morgan fingerprint density at radius 3 is 2.83 bits per heavy atom. The molecule has 36 heavy (non-hydrogen) atoms. The summed E-state index contributed by atoms with van der Waals surface area (Å²) in [6.45, 7) is 3.96. The number of aryl methyl sites for hydroxylation is 1. The summed E-state index contributed by atoms with van der Waals surface area (Å²) in [6, 6.07) is 14.4. The molecule has 1 aliphatic carbocycles. The van der Waals surface area contributed by atoms with Gasteiger partial charge >= 0.3 is 0 Å². The van der Waals surface area contributed by atoms with Crippen LogP contribution in [0.15, 0.2) is 81.7 Å². The molecule has 0 radical (unpaired) electrons. The summed E-state index contributed by atoms with van der Waals surface area (Å²) < 4.78 is 12.1. The van der Waals surface area contributed by atoms with Gasteiger partial charge in [-0.25, -0.2) is 4.98 Å². The summed E-state index contributed by atoms with van der Waals surface area (Å²) in [5.74, 6) is 1.29. The minimum Gasteiger partial charge on any atom is -0.486 e. The average molecular weight is 504 g/mol. The number of allylic oxidation sites excluding steroid dienone is 3. The summed E-state index contributed by atoms with van der Waals surface area (Å²) in [4.78, 5) is 30.7. The SMILES string of the molecule is CC1=C(C(=O)Nc2ccccn2)C(c2ccc(COc3ccc(Cl)c(C)c3)o2)C2=C(CCCC2=O)N1. The Hall–Kier alpha value is -3.84. The highest BCUT2D eigenvalue weighted by Crippen LogP contribution is 2.43. The molecule has 1 amide bonds. The Kier molecular flexibility index (Phi) is 6.65. The Bertz CT molecular complexity index is 1390. The lowest BCUT2D eigenvalue weighted by atomic mass is 9.77. The fourth-order valence-electron chi connectivity index (χ4n) is 4.68. The number of carbonyl (C=O) groups is 2. The molecular formula is C28H26ClN3O4. The molecule has 0 bridgehead atoms. The Balaban J connectivity index is 1.45. The number of nitrogens with zero attached hydrogens (tertiary/aromatic N) is 1. The van der Waals surface area contributed by atoms with Crippen LogP contribution >= 0.6 is 11.6 Å². The van der Waals surface area contributed by atoms with Crippen LogP contribution in [-0.2, 0) is 16.2 Å². The zero-order chi connectivity index (χ0) is 25.2. The Labute approximate surface area is 214 Å². The average Bonchev–Trinajstić information content (AvgIpc) is 3.33. The maximum atomic E-state index is 13.5. The molecule has 2 aliphatic rings. The number of dihydropyridines is 1. The third kappa shape index (κ3) is 4.79. The number of benzene rings is 1. The number of ketones is 1. The van der Waals surface area contributed by atoms with Crippen molar-refractivity contribution >= 4 is 29.1 Å². The van der Waals surface area contributed by atoms with E-state index in [0.29, 0.717) is 51.4 Å². The Morgan fingerprint density at radius 1 is 1.19 bits per heavy atom. The molecule has 8 heteroatoms. The van der Waals surface area contributed by atoms with Gasteiger partial charge in [-0.15, -0.1) is 0 Å². The second-order valence-corrected chi connectivity index (χ2v) is 9.35. The standard InChI is InChI=1S/C28H26ClN3O4/c1-16-14-18(9-11-20(16)29)35-15-19-10-12-23(36-19)27-25(28(34)32-24-8-3-4-13-30-24)17(2)31-21-6-5-7-22(33)26(21)27/h3-4,8-14,27,31H,5-7,15H2,1-2H3,(H,30,32,34). The number of rotatable bonds is 6. The van der Waals surface area contributed by atoms with E-state index in [9.17, 15) is 9.59 Å². The van der Waals surface area contributed by atoms with Gasteiger partial charge in [0.1, 0.15) is 29.7 Å². The minimum atomic E-state index is -0.621. The van der Waals surface area contributed by atoms with Gasteiger partial charge in [0.05, 0.1) is 11.5 Å². The van der Waals surface area contributed by atoms with Crippen LogP contribution in [0.2, 0.25) is 5.02 Å². The van der Waals surface area contributed by atoms with Crippen LogP contribution in [0.25, 0.3) is 0 Å². The van der Waals surface area contributed by atoms with Gasteiger partial charge in [0.15, 0.2) is 5.78 Å². The van der Waals surface area contributed by atoms with E-state index in [4.69, 9.17) is 20.8 Å². The van der Waals surface area contributed by atoms with Crippen molar-refractivity contribution in [2.45, 2.75) is 45.6 Å². The molecule has 2 aromatic heterocycles. The van der Waals surface area contributed by atoms with Crippen molar-refractivity contribution in [3.8, 4) is 5.75 Å². The van der Waals surface area contributed by atoms with Crippen LogP contribution in [0.1, 0.15) is 49.2 Å². The van der Waals surface area contributed by atoms with Gasteiger partial charge in [-0.2, -0.15) is 0 Å². The summed E-state index contributed by atoms with van der Waals surface area (Å²) in [5, 5.41) is 6.84. The normalized spacial score (nSPS) is 17.5. The number of hydrogen-bond donors (Lipinski definition) is 2. The van der Waals surface area contributed by atoms with Crippen molar-refractivity contribution < 1.29 is 18.7 Å². The number of nitrogens with one attached hydrogen (secondary N) is 2. The molecule has 184 valence electrons. The first-order chi connectivity index (χ1) is 17.4. The lowest BCUT2D eigenvalue weighted by Crippen LogP contribution is -2.35. The predicted octanol–water partition coefficient (Wildman–Crippen LogP) is 5.82. The van der Waals surface area contributed by atoms with Gasteiger partial charge in [0.2, 0.25) is 0 Å². The van der Waals surface area contributed by atoms with E-state index in [1.54, 1.807) is 36.5 Å². The van der Waals surface area contributed by atoms with Gasteiger partial charge in [0, 0.05) is 34.6 Å². The third-order valence-electron chi connectivity index (χ3n) is 6.40. The van der Waals surface area contributed by atoms with Crippen LogP contribution in [0, 0.1) is 6.92 Å². The first kappa shape index (κ1) is 23.9. The molecule has 1 aromatic carbocycles. The van der Waals surface area contributed by atoms with Crippen LogP contribution in [-0.4, -0.2) is 16.7 Å². The van der Waals surface area contributed by atoms with Gasteiger partial charge in [0.25, 0.3) is 5.91 Å². The monoisotopic (exact) mass is 503 g/mol. The molecular weight excluding hydrogens is 478 g/mol.